The average molecular weight is 542 g/mol. The van der Waals surface area contributed by atoms with Crippen LogP contribution >= 0.6 is 23.2 Å². The van der Waals surface area contributed by atoms with Crippen LogP contribution in [0.1, 0.15) is 29.2 Å². The van der Waals surface area contributed by atoms with E-state index in [1.165, 1.54) is 12.1 Å². The number of aliphatic carboxylic acids is 1. The van der Waals surface area contributed by atoms with E-state index >= 15 is 0 Å². The molecule has 0 spiro atoms. The lowest BCUT2D eigenvalue weighted by molar-refractivity contribution is -0.139. The summed E-state index contributed by atoms with van der Waals surface area (Å²) in [7, 11) is 0. The molecular weight excluding hydrogens is 520 g/mol. The number of ether oxygens (including phenoxy) is 1. The molecule has 7 nitrogen and oxygen atoms in total. The van der Waals surface area contributed by atoms with Gasteiger partial charge in [-0.25, -0.2) is 9.18 Å². The van der Waals surface area contributed by atoms with Crippen molar-refractivity contribution in [2.75, 3.05) is 13.2 Å². The number of aryl methyl sites for hydroxylation is 1. The fraction of sp³-hybridized carbons (Fsp3) is 0.222. The fourth-order valence-electron chi connectivity index (χ4n) is 4.80. The summed E-state index contributed by atoms with van der Waals surface area (Å²) in [5, 5.41) is 15.3. The Morgan fingerprint density at radius 1 is 1.11 bits per heavy atom. The molecule has 5 rings (SSSR count). The van der Waals surface area contributed by atoms with Crippen molar-refractivity contribution < 1.29 is 23.8 Å². The summed E-state index contributed by atoms with van der Waals surface area (Å²) in [4.78, 5) is 26.5. The first kappa shape index (κ1) is 25.0. The molecule has 0 bridgehead atoms. The third-order valence-electron chi connectivity index (χ3n) is 6.44. The maximum absolute atomic E-state index is 14.1. The van der Waals surface area contributed by atoms with Crippen LogP contribution in [0, 0.1) is 5.82 Å². The van der Waals surface area contributed by atoms with Crippen LogP contribution in [0.5, 0.6) is 5.75 Å². The Morgan fingerprint density at radius 2 is 1.95 bits per heavy atom. The molecule has 37 heavy (non-hydrogen) atoms. The zero-order valence-corrected chi connectivity index (χ0v) is 21.0. The molecule has 0 aliphatic carbocycles. The first-order valence-corrected chi connectivity index (χ1v) is 12.4. The second kappa shape index (κ2) is 10.4. The molecule has 1 aliphatic heterocycles. The van der Waals surface area contributed by atoms with Crippen molar-refractivity contribution in [2.45, 2.75) is 25.4 Å². The number of nitrogens with zero attached hydrogens (tertiary/aromatic N) is 3. The highest BCUT2D eigenvalue weighted by molar-refractivity contribution is 6.35. The van der Waals surface area contributed by atoms with Crippen LogP contribution < -0.4 is 4.74 Å². The quantitative estimate of drug-likeness (QED) is 0.333. The highest BCUT2D eigenvalue weighted by Gasteiger charge is 2.34. The number of amides is 1. The minimum atomic E-state index is -1.13. The van der Waals surface area contributed by atoms with E-state index in [1.807, 2.05) is 12.1 Å². The van der Waals surface area contributed by atoms with Gasteiger partial charge >= 0.3 is 5.97 Å². The summed E-state index contributed by atoms with van der Waals surface area (Å²) < 4.78 is 21.3. The number of fused-ring (bicyclic) bond motifs is 2. The summed E-state index contributed by atoms with van der Waals surface area (Å²) in [6, 6.07) is 14.2. The summed E-state index contributed by atoms with van der Waals surface area (Å²) in [6.07, 6.45) is 2.30. The van der Waals surface area contributed by atoms with Crippen LogP contribution in [-0.4, -0.2) is 44.8 Å². The molecule has 0 fully saturated rings. The van der Waals surface area contributed by atoms with Gasteiger partial charge in [0.05, 0.1) is 29.3 Å². The molecule has 0 saturated heterocycles. The predicted molar refractivity (Wildman–Crippen MR) is 138 cm³/mol. The predicted octanol–water partition coefficient (Wildman–Crippen LogP) is 5.51. The molecule has 2 heterocycles. The van der Waals surface area contributed by atoms with Crippen molar-refractivity contribution in [3.63, 3.8) is 0 Å². The Kier molecular flexibility index (Phi) is 7.04. The Hall–Kier alpha value is -3.62. The van der Waals surface area contributed by atoms with Crippen molar-refractivity contribution in [2.24, 2.45) is 0 Å². The van der Waals surface area contributed by atoms with Crippen molar-refractivity contribution in [1.29, 1.82) is 0 Å². The lowest BCUT2D eigenvalue weighted by Crippen LogP contribution is -2.41. The number of rotatable bonds is 7. The van der Waals surface area contributed by atoms with Gasteiger partial charge in [0.25, 0.3) is 0 Å². The Labute approximate surface area is 222 Å². The standard InChI is InChI=1S/C27H22Cl2FN3O4/c28-17-4-7-24(37-15-26(35)36)20(13-17)27-19-6-5-18(30)12-16(19)8-10-32(27)25(34)9-11-33-23-3-1-2-22(29)21(23)14-31-33/h1-7,12-14,27H,8-11,15H2,(H,35,36)/t27-/m0/s1. The molecule has 1 aliphatic rings. The van der Waals surface area contributed by atoms with Crippen LogP contribution in [0.15, 0.2) is 60.8 Å². The number of aromatic nitrogens is 2. The van der Waals surface area contributed by atoms with Gasteiger partial charge in [-0.15, -0.1) is 0 Å². The van der Waals surface area contributed by atoms with Crippen LogP contribution in [0.3, 0.4) is 0 Å². The minimum Gasteiger partial charge on any atom is -0.482 e. The maximum atomic E-state index is 14.1. The van der Waals surface area contributed by atoms with Gasteiger partial charge in [-0.05, 0) is 60.0 Å². The molecule has 0 saturated carbocycles. The second-order valence-electron chi connectivity index (χ2n) is 8.74. The zero-order valence-electron chi connectivity index (χ0n) is 19.5. The van der Waals surface area contributed by atoms with E-state index < -0.39 is 18.6 Å². The third kappa shape index (κ3) is 5.12. The molecule has 0 unspecified atom stereocenters. The van der Waals surface area contributed by atoms with Crippen LogP contribution in [0.4, 0.5) is 4.39 Å². The van der Waals surface area contributed by atoms with Crippen molar-refractivity contribution >= 4 is 46.0 Å². The lowest BCUT2D eigenvalue weighted by Gasteiger charge is -2.38. The van der Waals surface area contributed by atoms with E-state index in [1.54, 1.807) is 46.1 Å². The summed E-state index contributed by atoms with van der Waals surface area (Å²) in [6.45, 7) is 0.122. The first-order chi connectivity index (χ1) is 17.8. The molecule has 1 amide bonds. The normalized spacial score (nSPS) is 15.0. The molecule has 0 radical (unpaired) electrons. The molecule has 1 atom stereocenters. The van der Waals surface area contributed by atoms with E-state index in [9.17, 15) is 14.0 Å². The van der Waals surface area contributed by atoms with Crippen molar-refractivity contribution in [1.82, 2.24) is 14.7 Å². The molecule has 10 heteroatoms. The largest absolute Gasteiger partial charge is 0.482 e. The monoisotopic (exact) mass is 541 g/mol. The average Bonchev–Trinajstić information content (AvgIpc) is 3.30. The fourth-order valence-corrected chi connectivity index (χ4v) is 5.19. The van der Waals surface area contributed by atoms with Crippen molar-refractivity contribution in [3.05, 3.63) is 93.3 Å². The maximum Gasteiger partial charge on any atom is 0.341 e. The number of hydrogen-bond donors (Lipinski definition) is 1. The zero-order chi connectivity index (χ0) is 26.1. The molecule has 190 valence electrons. The Balaban J connectivity index is 1.49. The van der Waals surface area contributed by atoms with Gasteiger partial charge in [-0.3, -0.25) is 9.48 Å². The summed E-state index contributed by atoms with van der Waals surface area (Å²) in [5.41, 5.74) is 2.87. The number of carbonyl (C=O) groups excluding carboxylic acids is 1. The van der Waals surface area contributed by atoms with Gasteiger partial charge in [0, 0.05) is 28.9 Å². The van der Waals surface area contributed by atoms with Crippen molar-refractivity contribution in [3.8, 4) is 5.75 Å². The van der Waals surface area contributed by atoms with E-state index in [4.69, 9.17) is 33.0 Å². The van der Waals surface area contributed by atoms with E-state index in [0.29, 0.717) is 40.9 Å². The topological polar surface area (TPSA) is 84.7 Å². The number of hydrogen-bond acceptors (Lipinski definition) is 4. The highest BCUT2D eigenvalue weighted by Crippen LogP contribution is 2.41. The second-order valence-corrected chi connectivity index (χ2v) is 9.58. The van der Waals surface area contributed by atoms with E-state index in [2.05, 4.69) is 5.10 Å². The molecule has 1 N–H and O–H groups in total. The minimum absolute atomic E-state index is 0.144. The molecule has 4 aromatic rings. The number of carboxylic acid groups (broad SMARTS) is 1. The highest BCUT2D eigenvalue weighted by atomic mass is 35.5. The number of halogens is 3. The summed E-state index contributed by atoms with van der Waals surface area (Å²) >= 11 is 12.6. The first-order valence-electron chi connectivity index (χ1n) is 11.6. The SMILES string of the molecule is O=C(O)COc1ccc(Cl)cc1[C@@H]1c2ccc(F)cc2CCN1C(=O)CCn1ncc2c(Cl)cccc21. The molecular formula is C27H22Cl2FN3O4. The Bertz CT molecular complexity index is 1510. The van der Waals surface area contributed by atoms with Gasteiger partial charge in [0.2, 0.25) is 5.91 Å². The lowest BCUT2D eigenvalue weighted by atomic mass is 9.87. The smallest absolute Gasteiger partial charge is 0.341 e. The third-order valence-corrected chi connectivity index (χ3v) is 7.01. The van der Waals surface area contributed by atoms with Crippen LogP contribution in [0.2, 0.25) is 10.0 Å². The number of benzene rings is 3. The Morgan fingerprint density at radius 3 is 2.76 bits per heavy atom. The molecule has 1 aromatic heterocycles. The van der Waals surface area contributed by atoms with E-state index in [-0.39, 0.29) is 18.1 Å². The number of carboxylic acids is 1. The van der Waals surface area contributed by atoms with Gasteiger partial charge in [-0.2, -0.15) is 5.10 Å². The van der Waals surface area contributed by atoms with Crippen LogP contribution in [-0.2, 0) is 22.6 Å². The van der Waals surface area contributed by atoms with Gasteiger partial charge < -0.3 is 14.7 Å². The van der Waals surface area contributed by atoms with Gasteiger partial charge in [0.15, 0.2) is 6.61 Å². The van der Waals surface area contributed by atoms with E-state index in [0.717, 1.165) is 22.0 Å². The molecule has 3 aromatic carbocycles. The van der Waals surface area contributed by atoms with Crippen LogP contribution in [0.25, 0.3) is 10.9 Å². The summed E-state index contributed by atoms with van der Waals surface area (Å²) in [5.74, 6) is -1.35. The van der Waals surface area contributed by atoms with Gasteiger partial charge in [-0.1, -0.05) is 35.3 Å². The van der Waals surface area contributed by atoms with Gasteiger partial charge in [0.1, 0.15) is 11.6 Å². The number of carbonyl (C=O) groups is 2.